The molecule has 8 heteroatoms. The third kappa shape index (κ3) is 2.94. The van der Waals surface area contributed by atoms with Gasteiger partial charge in [0, 0.05) is 27.5 Å². The van der Waals surface area contributed by atoms with E-state index < -0.39 is 51.0 Å². The van der Waals surface area contributed by atoms with Crippen molar-refractivity contribution in [1.82, 2.24) is 4.98 Å². The maximum absolute atomic E-state index is 14.1. The lowest BCUT2D eigenvalue weighted by Crippen LogP contribution is -2.15. The Balaban J connectivity index is 2.76. The predicted octanol–water partition coefficient (Wildman–Crippen LogP) is 2.00. The van der Waals surface area contributed by atoms with E-state index in [1.165, 1.54) is 6.26 Å². The highest BCUT2D eigenvalue weighted by Gasteiger charge is 2.21. The number of benzene rings is 1. The number of carbonyl (C=O) groups is 1. The Morgan fingerprint density at radius 3 is 2.24 bits per heavy atom. The number of nitrogens with two attached hydrogens (primary N) is 1. The van der Waals surface area contributed by atoms with E-state index in [4.69, 9.17) is 5.73 Å². The monoisotopic (exact) mass is 314 g/mol. The summed E-state index contributed by atoms with van der Waals surface area (Å²) >= 11 is 0. The Hall–Kier alpha value is -2.22. The van der Waals surface area contributed by atoms with E-state index in [9.17, 15) is 22.2 Å². The van der Waals surface area contributed by atoms with E-state index in [2.05, 4.69) is 4.98 Å². The van der Waals surface area contributed by atoms with Gasteiger partial charge in [-0.25, -0.2) is 18.2 Å². The molecule has 0 radical (unpaired) electrons. The number of nitrogens with zero attached hydrogens (tertiary/aromatic N) is 1. The van der Waals surface area contributed by atoms with Crippen molar-refractivity contribution >= 4 is 16.7 Å². The first-order valence-electron chi connectivity index (χ1n) is 5.59. The minimum Gasteiger partial charge on any atom is -0.364 e. The van der Waals surface area contributed by atoms with Crippen molar-refractivity contribution in [2.45, 2.75) is 4.90 Å². The van der Waals surface area contributed by atoms with Crippen LogP contribution < -0.4 is 5.73 Å². The van der Waals surface area contributed by atoms with Gasteiger partial charge in [-0.1, -0.05) is 0 Å². The lowest BCUT2D eigenvalue weighted by atomic mass is 10.0. The molecule has 0 fully saturated rings. The molecule has 1 heterocycles. The van der Waals surface area contributed by atoms with Crippen molar-refractivity contribution in [3.05, 3.63) is 47.5 Å². The maximum atomic E-state index is 14.1. The van der Waals surface area contributed by atoms with Crippen LogP contribution in [0.4, 0.5) is 13.2 Å². The van der Waals surface area contributed by atoms with Gasteiger partial charge in [0.15, 0.2) is 0 Å². The minimum absolute atomic E-state index is 0.0706. The molecule has 0 saturated carbocycles. The van der Waals surface area contributed by atoms with Crippen LogP contribution in [-0.2, 0) is 10.8 Å². The SMILES string of the molecule is CS(=O)c1cc(F)c(-c2cc(F)cnc2C(N)=O)c(F)c1. The summed E-state index contributed by atoms with van der Waals surface area (Å²) in [5.41, 5.74) is 3.56. The molecule has 1 unspecified atom stereocenters. The molecule has 0 spiro atoms. The molecular weight excluding hydrogens is 305 g/mol. The number of aromatic nitrogens is 1. The first kappa shape index (κ1) is 15.2. The van der Waals surface area contributed by atoms with Crippen LogP contribution in [0.1, 0.15) is 10.5 Å². The van der Waals surface area contributed by atoms with Gasteiger partial charge >= 0.3 is 0 Å². The molecule has 0 bridgehead atoms. The van der Waals surface area contributed by atoms with Crippen LogP contribution >= 0.6 is 0 Å². The summed E-state index contributed by atoms with van der Waals surface area (Å²) in [6.45, 7) is 0. The molecule has 2 aromatic rings. The largest absolute Gasteiger partial charge is 0.364 e. The van der Waals surface area contributed by atoms with Crippen molar-refractivity contribution in [1.29, 1.82) is 0 Å². The maximum Gasteiger partial charge on any atom is 0.267 e. The van der Waals surface area contributed by atoms with Gasteiger partial charge < -0.3 is 5.73 Å². The third-order valence-corrected chi connectivity index (χ3v) is 3.60. The number of halogens is 3. The summed E-state index contributed by atoms with van der Waals surface area (Å²) in [6.07, 6.45) is 1.97. The number of carbonyl (C=O) groups excluding carboxylic acids is 1. The van der Waals surface area contributed by atoms with Gasteiger partial charge in [-0.05, 0) is 18.2 Å². The van der Waals surface area contributed by atoms with Crippen LogP contribution in [0.3, 0.4) is 0 Å². The van der Waals surface area contributed by atoms with Crippen molar-refractivity contribution in [2.75, 3.05) is 6.26 Å². The number of rotatable bonds is 3. The van der Waals surface area contributed by atoms with Gasteiger partial charge in [0.2, 0.25) is 0 Å². The molecular formula is C13H9F3N2O2S. The average molecular weight is 314 g/mol. The fourth-order valence-electron chi connectivity index (χ4n) is 1.80. The topological polar surface area (TPSA) is 73.1 Å². The summed E-state index contributed by atoms with van der Waals surface area (Å²) in [4.78, 5) is 14.6. The number of primary amides is 1. The zero-order valence-corrected chi connectivity index (χ0v) is 11.5. The number of pyridine rings is 1. The van der Waals surface area contributed by atoms with Crippen LogP contribution in [0.25, 0.3) is 11.1 Å². The summed E-state index contributed by atoms with van der Waals surface area (Å²) in [7, 11) is -1.59. The Kier molecular flexibility index (Phi) is 4.08. The van der Waals surface area contributed by atoms with Crippen LogP contribution in [-0.4, -0.2) is 21.4 Å². The molecule has 1 aromatic carbocycles. The zero-order valence-electron chi connectivity index (χ0n) is 10.7. The highest BCUT2D eigenvalue weighted by Crippen LogP contribution is 2.30. The van der Waals surface area contributed by atoms with E-state index in [1.54, 1.807) is 0 Å². The first-order chi connectivity index (χ1) is 9.81. The normalized spacial score (nSPS) is 12.2. The third-order valence-electron chi connectivity index (χ3n) is 2.70. The Morgan fingerprint density at radius 2 is 1.76 bits per heavy atom. The van der Waals surface area contributed by atoms with Gasteiger partial charge in [-0.15, -0.1) is 0 Å². The Morgan fingerprint density at radius 1 is 1.19 bits per heavy atom. The summed E-state index contributed by atoms with van der Waals surface area (Å²) in [6, 6.07) is 2.46. The van der Waals surface area contributed by atoms with E-state index in [-0.39, 0.29) is 4.90 Å². The standard InChI is InChI=1S/C13H9F3N2O2S/c1-21(20)7-3-9(15)11(10(16)4-7)8-2-6(14)5-18-12(8)13(17)19/h2-5H,1H3,(H2,17,19). The molecule has 21 heavy (non-hydrogen) atoms. The van der Waals surface area contributed by atoms with Crippen molar-refractivity contribution in [2.24, 2.45) is 5.73 Å². The lowest BCUT2D eigenvalue weighted by molar-refractivity contribution is 0.0996. The van der Waals surface area contributed by atoms with Crippen LogP contribution in [0.2, 0.25) is 0 Å². The molecule has 1 amide bonds. The van der Waals surface area contributed by atoms with E-state index in [0.717, 1.165) is 24.4 Å². The molecule has 2 N–H and O–H groups in total. The number of amides is 1. The summed E-state index contributed by atoms with van der Waals surface area (Å²) in [5, 5.41) is 0. The molecule has 110 valence electrons. The minimum atomic E-state index is -1.59. The predicted molar refractivity (Wildman–Crippen MR) is 70.4 cm³/mol. The molecule has 4 nitrogen and oxygen atoms in total. The molecule has 2 rings (SSSR count). The molecule has 0 aliphatic rings. The van der Waals surface area contributed by atoms with E-state index in [0.29, 0.717) is 0 Å². The lowest BCUT2D eigenvalue weighted by Gasteiger charge is -2.10. The van der Waals surface area contributed by atoms with Gasteiger partial charge in [0.25, 0.3) is 5.91 Å². The second-order valence-electron chi connectivity index (χ2n) is 4.13. The van der Waals surface area contributed by atoms with Crippen LogP contribution in [0, 0.1) is 17.5 Å². The fraction of sp³-hybridized carbons (Fsp3) is 0.0769. The van der Waals surface area contributed by atoms with E-state index >= 15 is 0 Å². The molecule has 1 aromatic heterocycles. The van der Waals surface area contributed by atoms with Crippen LogP contribution in [0.15, 0.2) is 29.3 Å². The van der Waals surface area contributed by atoms with Gasteiger partial charge in [0.05, 0.1) is 11.8 Å². The highest BCUT2D eigenvalue weighted by molar-refractivity contribution is 7.84. The van der Waals surface area contributed by atoms with Crippen molar-refractivity contribution < 1.29 is 22.2 Å². The van der Waals surface area contributed by atoms with Gasteiger partial charge in [-0.2, -0.15) is 0 Å². The molecule has 1 atom stereocenters. The second-order valence-corrected chi connectivity index (χ2v) is 5.51. The summed E-state index contributed by atoms with van der Waals surface area (Å²) in [5.74, 6) is -4.10. The smallest absolute Gasteiger partial charge is 0.267 e. The Bertz CT molecular complexity index is 742. The number of hydrogen-bond donors (Lipinski definition) is 1. The highest BCUT2D eigenvalue weighted by atomic mass is 32.2. The average Bonchev–Trinajstić information content (AvgIpc) is 2.37. The summed E-state index contributed by atoms with van der Waals surface area (Å²) < 4.78 is 52.6. The van der Waals surface area contributed by atoms with E-state index in [1.807, 2.05) is 0 Å². The number of hydrogen-bond acceptors (Lipinski definition) is 3. The van der Waals surface area contributed by atoms with Gasteiger partial charge in [0.1, 0.15) is 23.1 Å². The zero-order chi connectivity index (χ0) is 15.7. The van der Waals surface area contributed by atoms with Gasteiger partial charge in [-0.3, -0.25) is 9.00 Å². The first-order valence-corrected chi connectivity index (χ1v) is 7.15. The molecule has 0 aliphatic carbocycles. The van der Waals surface area contributed by atoms with Crippen molar-refractivity contribution in [3.8, 4) is 11.1 Å². The molecule has 0 saturated heterocycles. The fourth-order valence-corrected chi connectivity index (χ4v) is 2.34. The second kappa shape index (κ2) is 5.65. The Labute approximate surface area is 120 Å². The molecule has 0 aliphatic heterocycles. The quantitative estimate of drug-likeness (QED) is 0.942. The van der Waals surface area contributed by atoms with Crippen molar-refractivity contribution in [3.63, 3.8) is 0 Å². The van der Waals surface area contributed by atoms with Crippen LogP contribution in [0.5, 0.6) is 0 Å².